The third-order valence-corrected chi connectivity index (χ3v) is 5.06. The summed E-state index contributed by atoms with van der Waals surface area (Å²) in [6, 6.07) is 3.52. The number of nitrogens with one attached hydrogen (secondary N) is 1. The molecule has 0 unspecified atom stereocenters. The van der Waals surface area contributed by atoms with Crippen LogP contribution in [0.2, 0.25) is 5.02 Å². The van der Waals surface area contributed by atoms with Gasteiger partial charge >= 0.3 is 5.97 Å². The van der Waals surface area contributed by atoms with Crippen LogP contribution >= 0.6 is 22.9 Å². The molecule has 1 aromatic carbocycles. The molecule has 2 aromatic rings. The smallest absolute Gasteiger partial charge is 0.348 e. The zero-order valence-electron chi connectivity index (χ0n) is 15.1. The fourth-order valence-corrected chi connectivity index (χ4v) is 3.61. The Morgan fingerprint density at radius 2 is 1.96 bits per heavy atom. The van der Waals surface area contributed by atoms with Gasteiger partial charge in [-0.2, -0.15) is 0 Å². The van der Waals surface area contributed by atoms with Gasteiger partial charge in [-0.05, 0) is 38.5 Å². The molecule has 2 amide bonds. The van der Waals surface area contributed by atoms with E-state index in [4.69, 9.17) is 22.1 Å². The van der Waals surface area contributed by atoms with Gasteiger partial charge in [-0.25, -0.2) is 4.79 Å². The Morgan fingerprint density at radius 3 is 2.50 bits per heavy atom. The molecule has 0 saturated heterocycles. The van der Waals surface area contributed by atoms with Gasteiger partial charge in [0.15, 0.2) is 0 Å². The molecule has 0 radical (unpaired) electrons. The monoisotopic (exact) mass is 425 g/mol. The number of rotatable bonds is 6. The number of nitro benzene ring substituents is 1. The summed E-state index contributed by atoms with van der Waals surface area (Å²) < 4.78 is 5.13. The average molecular weight is 426 g/mol. The first-order chi connectivity index (χ1) is 13.0. The molecule has 0 atom stereocenters. The molecule has 9 nitrogen and oxygen atoms in total. The second kappa shape index (κ2) is 8.36. The number of esters is 1. The first-order valence-electron chi connectivity index (χ1n) is 7.92. The van der Waals surface area contributed by atoms with Crippen LogP contribution in [-0.4, -0.2) is 28.8 Å². The van der Waals surface area contributed by atoms with E-state index < -0.39 is 28.4 Å². The van der Waals surface area contributed by atoms with Crippen molar-refractivity contribution in [2.45, 2.75) is 26.9 Å². The maximum absolute atomic E-state index is 12.5. The lowest BCUT2D eigenvalue weighted by molar-refractivity contribution is -0.384. The van der Waals surface area contributed by atoms with E-state index in [1.54, 1.807) is 13.8 Å². The Morgan fingerprint density at radius 1 is 1.32 bits per heavy atom. The minimum absolute atomic E-state index is 0.0301. The number of hydrogen-bond donors (Lipinski definition) is 2. The highest BCUT2D eigenvalue weighted by atomic mass is 35.5. The molecule has 0 aliphatic heterocycles. The van der Waals surface area contributed by atoms with Gasteiger partial charge in [0, 0.05) is 11.6 Å². The van der Waals surface area contributed by atoms with Crippen molar-refractivity contribution in [2.24, 2.45) is 5.73 Å². The first kappa shape index (κ1) is 21.3. The van der Waals surface area contributed by atoms with E-state index in [-0.39, 0.29) is 37.7 Å². The van der Waals surface area contributed by atoms with Gasteiger partial charge in [-0.1, -0.05) is 11.6 Å². The maximum Gasteiger partial charge on any atom is 0.348 e. The third-order valence-electron chi connectivity index (χ3n) is 3.55. The standard InChI is InChI=1S/C17H16ClN3O6S/c1-7(2)27-17(24)13-8(3)12(14(19)22)16(28-13)20-15(23)9-4-5-10(18)11(6-9)21(25)26/h4-7H,1-3H3,(H2,19,22)(H,20,23). The van der Waals surface area contributed by atoms with E-state index in [9.17, 15) is 24.5 Å². The number of benzene rings is 1. The summed E-state index contributed by atoms with van der Waals surface area (Å²) in [7, 11) is 0. The number of nitro groups is 1. The number of halogens is 1. The molecular formula is C17H16ClN3O6S. The van der Waals surface area contributed by atoms with Gasteiger partial charge in [-0.3, -0.25) is 19.7 Å². The number of nitrogens with zero attached hydrogens (tertiary/aromatic N) is 1. The van der Waals surface area contributed by atoms with Crippen LogP contribution in [0.4, 0.5) is 10.7 Å². The zero-order valence-corrected chi connectivity index (χ0v) is 16.6. The predicted molar refractivity (Wildman–Crippen MR) is 104 cm³/mol. The predicted octanol–water partition coefficient (Wildman–Crippen LogP) is 3.53. The number of anilines is 1. The Bertz CT molecular complexity index is 986. The lowest BCUT2D eigenvalue weighted by Crippen LogP contribution is -2.18. The van der Waals surface area contributed by atoms with Crippen molar-refractivity contribution in [3.8, 4) is 0 Å². The highest BCUT2D eigenvalue weighted by Gasteiger charge is 2.26. The topological polar surface area (TPSA) is 142 Å². The number of carbonyl (C=O) groups is 3. The van der Waals surface area contributed by atoms with Crippen LogP contribution < -0.4 is 11.1 Å². The fraction of sp³-hybridized carbons (Fsp3) is 0.235. The lowest BCUT2D eigenvalue weighted by Gasteiger charge is -2.06. The first-order valence-corrected chi connectivity index (χ1v) is 9.11. The average Bonchev–Trinajstić information content (AvgIpc) is 2.90. The third kappa shape index (κ3) is 4.46. The van der Waals surface area contributed by atoms with Crippen molar-refractivity contribution in [1.82, 2.24) is 0 Å². The molecule has 0 fully saturated rings. The van der Waals surface area contributed by atoms with Crippen LogP contribution in [0.1, 0.15) is 49.8 Å². The molecule has 0 aliphatic rings. The molecule has 1 heterocycles. The van der Waals surface area contributed by atoms with Crippen LogP contribution in [0.3, 0.4) is 0 Å². The van der Waals surface area contributed by atoms with Crippen molar-refractivity contribution in [3.63, 3.8) is 0 Å². The Balaban J connectivity index is 2.41. The fourth-order valence-electron chi connectivity index (χ4n) is 2.33. The van der Waals surface area contributed by atoms with E-state index >= 15 is 0 Å². The van der Waals surface area contributed by atoms with E-state index in [0.29, 0.717) is 0 Å². The van der Waals surface area contributed by atoms with Crippen LogP contribution in [0, 0.1) is 17.0 Å². The minimum Gasteiger partial charge on any atom is -0.459 e. The summed E-state index contributed by atoms with van der Waals surface area (Å²) in [5.74, 6) is -2.22. The summed E-state index contributed by atoms with van der Waals surface area (Å²) in [6.45, 7) is 4.86. The summed E-state index contributed by atoms with van der Waals surface area (Å²) in [6.07, 6.45) is -0.376. The molecule has 0 aliphatic carbocycles. The number of thiophene rings is 1. The molecule has 0 saturated carbocycles. The second-order valence-corrected chi connectivity index (χ2v) is 7.38. The highest BCUT2D eigenvalue weighted by Crippen LogP contribution is 2.34. The normalized spacial score (nSPS) is 10.6. The summed E-state index contributed by atoms with van der Waals surface area (Å²) >= 11 is 6.57. The van der Waals surface area contributed by atoms with Gasteiger partial charge in [-0.15, -0.1) is 11.3 Å². The number of hydrogen-bond acceptors (Lipinski definition) is 7. The molecule has 28 heavy (non-hydrogen) atoms. The van der Waals surface area contributed by atoms with Gasteiger partial charge in [0.05, 0.1) is 16.6 Å². The number of nitrogens with two attached hydrogens (primary N) is 1. The molecule has 11 heteroatoms. The molecule has 1 aromatic heterocycles. The minimum atomic E-state index is -0.838. The number of carbonyl (C=O) groups excluding carboxylic acids is 3. The summed E-state index contributed by atoms with van der Waals surface area (Å²) in [5.41, 5.74) is 5.15. The van der Waals surface area contributed by atoms with Gasteiger partial charge in [0.1, 0.15) is 14.9 Å². The number of amides is 2. The van der Waals surface area contributed by atoms with E-state index in [0.717, 1.165) is 17.4 Å². The van der Waals surface area contributed by atoms with E-state index in [1.165, 1.54) is 19.1 Å². The Hall–Kier alpha value is -2.98. The molecule has 2 rings (SSSR count). The van der Waals surface area contributed by atoms with Gasteiger partial charge in [0.25, 0.3) is 17.5 Å². The van der Waals surface area contributed by atoms with Crippen LogP contribution in [-0.2, 0) is 4.74 Å². The van der Waals surface area contributed by atoms with E-state index in [1.807, 2.05) is 0 Å². The van der Waals surface area contributed by atoms with Crippen molar-refractivity contribution >= 4 is 51.4 Å². The van der Waals surface area contributed by atoms with Gasteiger partial charge < -0.3 is 15.8 Å². The largest absolute Gasteiger partial charge is 0.459 e. The van der Waals surface area contributed by atoms with Crippen molar-refractivity contribution in [1.29, 1.82) is 0 Å². The highest BCUT2D eigenvalue weighted by molar-refractivity contribution is 7.18. The van der Waals surface area contributed by atoms with Crippen molar-refractivity contribution in [2.75, 3.05) is 5.32 Å². The quantitative estimate of drug-likeness (QED) is 0.411. The van der Waals surface area contributed by atoms with Crippen LogP contribution in [0.15, 0.2) is 18.2 Å². The zero-order chi connectivity index (χ0) is 21.2. The molecule has 148 valence electrons. The summed E-state index contributed by atoms with van der Waals surface area (Å²) in [5, 5.41) is 13.4. The molecule has 0 bridgehead atoms. The molecule has 0 spiro atoms. The van der Waals surface area contributed by atoms with Crippen LogP contribution in [0.25, 0.3) is 0 Å². The van der Waals surface area contributed by atoms with Gasteiger partial charge in [0.2, 0.25) is 0 Å². The van der Waals surface area contributed by atoms with Crippen molar-refractivity contribution < 1.29 is 24.0 Å². The Kier molecular flexibility index (Phi) is 6.37. The lowest BCUT2D eigenvalue weighted by atomic mass is 10.1. The maximum atomic E-state index is 12.5. The number of ether oxygens (including phenoxy) is 1. The molecular weight excluding hydrogens is 410 g/mol. The van der Waals surface area contributed by atoms with Crippen LogP contribution in [0.5, 0.6) is 0 Å². The number of primary amides is 1. The Labute approximate surface area is 168 Å². The SMILES string of the molecule is Cc1c(C(=O)OC(C)C)sc(NC(=O)c2ccc(Cl)c([N+](=O)[O-])c2)c1C(N)=O. The van der Waals surface area contributed by atoms with E-state index in [2.05, 4.69) is 5.32 Å². The summed E-state index contributed by atoms with van der Waals surface area (Å²) in [4.78, 5) is 46.9. The molecule has 3 N–H and O–H groups in total. The second-order valence-electron chi connectivity index (χ2n) is 5.96. The van der Waals surface area contributed by atoms with Crippen molar-refractivity contribution in [3.05, 3.63) is 54.9 Å².